The number of furan rings is 1. The Kier molecular flexibility index (Phi) is 4.24. The van der Waals surface area contributed by atoms with Crippen LogP contribution in [0.1, 0.15) is 43.5 Å². The normalized spacial score (nSPS) is 14.5. The van der Waals surface area contributed by atoms with Crippen molar-refractivity contribution < 1.29 is 14.0 Å². The van der Waals surface area contributed by atoms with E-state index < -0.39 is 0 Å². The van der Waals surface area contributed by atoms with Crippen LogP contribution in [0.25, 0.3) is 0 Å². The minimum atomic E-state index is -0.0476. The van der Waals surface area contributed by atoms with Crippen molar-refractivity contribution in [2.75, 3.05) is 6.54 Å². The van der Waals surface area contributed by atoms with Gasteiger partial charge in [-0.1, -0.05) is 0 Å². The fraction of sp³-hybridized carbons (Fsp3) is 0.571. The molecule has 1 fully saturated rings. The van der Waals surface area contributed by atoms with E-state index in [1.54, 1.807) is 11.0 Å². The van der Waals surface area contributed by atoms with Crippen LogP contribution in [-0.4, -0.2) is 35.3 Å². The molecule has 1 saturated carbocycles. The fourth-order valence-corrected chi connectivity index (χ4v) is 2.00. The average Bonchev–Trinajstić information content (AvgIpc) is 3.03. The van der Waals surface area contributed by atoms with Crippen molar-refractivity contribution in [3.05, 3.63) is 24.2 Å². The van der Waals surface area contributed by atoms with Crippen molar-refractivity contribution in [1.29, 1.82) is 0 Å². The summed E-state index contributed by atoms with van der Waals surface area (Å²) in [6, 6.07) is 2.08. The van der Waals surface area contributed by atoms with Gasteiger partial charge in [-0.25, -0.2) is 0 Å². The topological polar surface area (TPSA) is 62.6 Å². The van der Waals surface area contributed by atoms with Gasteiger partial charge in [-0.05, 0) is 32.8 Å². The molecular formula is C14H20N2O3. The molecular weight excluding hydrogens is 244 g/mol. The number of nitrogens with one attached hydrogen (secondary N) is 1. The van der Waals surface area contributed by atoms with Crippen molar-refractivity contribution in [2.24, 2.45) is 0 Å². The Morgan fingerprint density at radius 3 is 2.74 bits per heavy atom. The highest BCUT2D eigenvalue weighted by atomic mass is 16.3. The summed E-state index contributed by atoms with van der Waals surface area (Å²) in [5, 5.41) is 2.84. The lowest BCUT2D eigenvalue weighted by molar-refractivity contribution is -0.121. The molecule has 5 nitrogen and oxygen atoms in total. The lowest BCUT2D eigenvalue weighted by atomic mass is 10.2. The standard InChI is InChI=1S/C14H20N2O3/c1-10(2)15-13(17)5-7-16(12-3-4-12)14(18)11-6-8-19-9-11/h6,8-10,12H,3-5,7H2,1-2H3,(H,15,17). The van der Waals surface area contributed by atoms with Gasteiger partial charge < -0.3 is 14.6 Å². The molecule has 1 aliphatic rings. The molecule has 0 saturated heterocycles. The lowest BCUT2D eigenvalue weighted by Gasteiger charge is -2.21. The Balaban J connectivity index is 1.90. The summed E-state index contributed by atoms with van der Waals surface area (Å²) in [5.74, 6) is -0.0609. The summed E-state index contributed by atoms with van der Waals surface area (Å²) in [6.45, 7) is 4.31. The molecule has 0 spiro atoms. The molecule has 19 heavy (non-hydrogen) atoms. The van der Waals surface area contributed by atoms with Crippen LogP contribution in [0.15, 0.2) is 23.0 Å². The van der Waals surface area contributed by atoms with Gasteiger partial charge >= 0.3 is 0 Å². The smallest absolute Gasteiger partial charge is 0.257 e. The van der Waals surface area contributed by atoms with Gasteiger partial charge in [-0.15, -0.1) is 0 Å². The second-order valence-electron chi connectivity index (χ2n) is 5.21. The minimum absolute atomic E-state index is 0.0133. The van der Waals surface area contributed by atoms with E-state index in [0.717, 1.165) is 12.8 Å². The maximum Gasteiger partial charge on any atom is 0.257 e. The van der Waals surface area contributed by atoms with E-state index in [1.807, 2.05) is 13.8 Å². The zero-order valence-corrected chi connectivity index (χ0v) is 11.4. The van der Waals surface area contributed by atoms with Crippen LogP contribution < -0.4 is 5.32 Å². The third-order valence-corrected chi connectivity index (χ3v) is 3.05. The predicted molar refractivity (Wildman–Crippen MR) is 70.7 cm³/mol. The second kappa shape index (κ2) is 5.91. The Hall–Kier alpha value is -1.78. The molecule has 2 rings (SSSR count). The molecule has 2 amide bonds. The Morgan fingerprint density at radius 1 is 1.47 bits per heavy atom. The third kappa shape index (κ3) is 3.84. The van der Waals surface area contributed by atoms with Crippen molar-refractivity contribution in [3.63, 3.8) is 0 Å². The summed E-state index contributed by atoms with van der Waals surface area (Å²) in [7, 11) is 0. The number of hydrogen-bond acceptors (Lipinski definition) is 3. The van der Waals surface area contributed by atoms with E-state index in [1.165, 1.54) is 12.5 Å². The number of carbonyl (C=O) groups is 2. The van der Waals surface area contributed by atoms with Gasteiger partial charge in [0.05, 0.1) is 11.8 Å². The molecule has 104 valence electrons. The highest BCUT2D eigenvalue weighted by Crippen LogP contribution is 2.28. The van der Waals surface area contributed by atoms with Gasteiger partial charge in [0.15, 0.2) is 0 Å². The first-order valence-electron chi connectivity index (χ1n) is 6.70. The summed E-state index contributed by atoms with van der Waals surface area (Å²) in [4.78, 5) is 25.7. The van der Waals surface area contributed by atoms with Crippen molar-refractivity contribution in [2.45, 2.75) is 45.2 Å². The molecule has 1 heterocycles. The molecule has 1 aromatic rings. The van der Waals surface area contributed by atoms with E-state index in [-0.39, 0.29) is 23.9 Å². The first kappa shape index (κ1) is 13.6. The van der Waals surface area contributed by atoms with E-state index in [0.29, 0.717) is 18.5 Å². The van der Waals surface area contributed by atoms with Crippen molar-refractivity contribution >= 4 is 11.8 Å². The van der Waals surface area contributed by atoms with Gasteiger partial charge in [0.2, 0.25) is 5.91 Å². The number of hydrogen-bond donors (Lipinski definition) is 1. The van der Waals surface area contributed by atoms with E-state index in [4.69, 9.17) is 4.42 Å². The zero-order chi connectivity index (χ0) is 13.8. The number of carbonyl (C=O) groups excluding carboxylic acids is 2. The SMILES string of the molecule is CC(C)NC(=O)CCN(C(=O)c1ccoc1)C1CC1. The molecule has 1 aliphatic carbocycles. The number of nitrogens with zero attached hydrogens (tertiary/aromatic N) is 1. The largest absolute Gasteiger partial charge is 0.472 e. The average molecular weight is 264 g/mol. The first-order chi connectivity index (χ1) is 9.08. The Morgan fingerprint density at radius 2 is 2.21 bits per heavy atom. The predicted octanol–water partition coefficient (Wildman–Crippen LogP) is 1.80. The van der Waals surface area contributed by atoms with Gasteiger partial charge in [0.1, 0.15) is 6.26 Å². The van der Waals surface area contributed by atoms with Crippen LogP contribution in [0.2, 0.25) is 0 Å². The molecule has 5 heteroatoms. The first-order valence-corrected chi connectivity index (χ1v) is 6.70. The van der Waals surface area contributed by atoms with Crippen molar-refractivity contribution in [1.82, 2.24) is 10.2 Å². The highest BCUT2D eigenvalue weighted by Gasteiger charge is 2.33. The number of amides is 2. The van der Waals surface area contributed by atoms with Gasteiger partial charge in [-0.3, -0.25) is 9.59 Å². The highest BCUT2D eigenvalue weighted by molar-refractivity contribution is 5.94. The van der Waals surface area contributed by atoms with Crippen LogP contribution in [-0.2, 0) is 4.79 Å². The summed E-state index contributed by atoms with van der Waals surface area (Å²) in [5.41, 5.74) is 0.552. The molecule has 0 aliphatic heterocycles. The monoisotopic (exact) mass is 264 g/mol. The van der Waals surface area contributed by atoms with E-state index in [9.17, 15) is 9.59 Å². The minimum Gasteiger partial charge on any atom is -0.472 e. The molecule has 1 aromatic heterocycles. The summed E-state index contributed by atoms with van der Waals surface area (Å²) in [6.07, 6.45) is 5.33. The van der Waals surface area contributed by atoms with Crippen LogP contribution >= 0.6 is 0 Å². The van der Waals surface area contributed by atoms with Crippen LogP contribution in [0.5, 0.6) is 0 Å². The third-order valence-electron chi connectivity index (χ3n) is 3.05. The van der Waals surface area contributed by atoms with Gasteiger partial charge in [-0.2, -0.15) is 0 Å². The number of rotatable bonds is 6. The van der Waals surface area contributed by atoms with E-state index >= 15 is 0 Å². The lowest BCUT2D eigenvalue weighted by Crippen LogP contribution is -2.38. The molecule has 1 N–H and O–H groups in total. The Labute approximate surface area is 113 Å². The molecule has 0 unspecified atom stereocenters. The van der Waals surface area contributed by atoms with Crippen LogP contribution in [0, 0.1) is 0 Å². The summed E-state index contributed by atoms with van der Waals surface area (Å²) < 4.78 is 4.94. The van der Waals surface area contributed by atoms with E-state index in [2.05, 4.69) is 5.32 Å². The van der Waals surface area contributed by atoms with Crippen LogP contribution in [0.3, 0.4) is 0 Å². The molecule has 0 radical (unpaired) electrons. The second-order valence-corrected chi connectivity index (χ2v) is 5.21. The van der Waals surface area contributed by atoms with Gasteiger partial charge in [0.25, 0.3) is 5.91 Å². The summed E-state index contributed by atoms with van der Waals surface area (Å²) >= 11 is 0. The van der Waals surface area contributed by atoms with Crippen LogP contribution in [0.4, 0.5) is 0 Å². The van der Waals surface area contributed by atoms with Crippen molar-refractivity contribution in [3.8, 4) is 0 Å². The molecule has 0 atom stereocenters. The molecule has 0 aromatic carbocycles. The maximum absolute atomic E-state index is 12.3. The zero-order valence-electron chi connectivity index (χ0n) is 11.4. The fourth-order valence-electron chi connectivity index (χ4n) is 2.00. The maximum atomic E-state index is 12.3. The Bertz CT molecular complexity index is 436. The van der Waals surface area contributed by atoms with Gasteiger partial charge in [0, 0.05) is 25.0 Å². The molecule has 0 bridgehead atoms. The quantitative estimate of drug-likeness (QED) is 0.852.